The maximum atomic E-state index is 12.1. The third-order valence-electron chi connectivity index (χ3n) is 4.15. The maximum absolute atomic E-state index is 12.1. The van der Waals surface area contributed by atoms with E-state index >= 15 is 0 Å². The summed E-state index contributed by atoms with van der Waals surface area (Å²) in [4.78, 5) is 12.1. The van der Waals surface area contributed by atoms with Crippen molar-refractivity contribution in [2.45, 2.75) is 25.2 Å². The Bertz CT molecular complexity index is 649. The monoisotopic (exact) mass is 282 g/mol. The SMILES string of the molecule is COc1ccc2c(c1)[C@H](C)[C@@H](c1ccccc1)CC(=O)O2. The Morgan fingerprint density at radius 3 is 2.62 bits per heavy atom. The summed E-state index contributed by atoms with van der Waals surface area (Å²) in [6.45, 7) is 2.14. The van der Waals surface area contributed by atoms with Crippen molar-refractivity contribution in [2.75, 3.05) is 7.11 Å². The number of rotatable bonds is 2. The van der Waals surface area contributed by atoms with Crippen molar-refractivity contribution in [1.82, 2.24) is 0 Å². The van der Waals surface area contributed by atoms with Gasteiger partial charge in [0.2, 0.25) is 0 Å². The van der Waals surface area contributed by atoms with E-state index in [0.29, 0.717) is 12.2 Å². The molecule has 3 rings (SSSR count). The molecule has 0 aliphatic carbocycles. The number of methoxy groups -OCH3 is 1. The highest BCUT2D eigenvalue weighted by atomic mass is 16.5. The van der Waals surface area contributed by atoms with Crippen LogP contribution in [0, 0.1) is 0 Å². The second-order valence-electron chi connectivity index (χ2n) is 5.39. The predicted octanol–water partition coefficient (Wildman–Crippen LogP) is 3.89. The molecule has 108 valence electrons. The molecule has 0 bridgehead atoms. The fourth-order valence-corrected chi connectivity index (χ4v) is 2.95. The number of esters is 1. The van der Waals surface area contributed by atoms with Gasteiger partial charge in [-0.1, -0.05) is 37.3 Å². The summed E-state index contributed by atoms with van der Waals surface area (Å²) < 4.78 is 10.8. The lowest BCUT2D eigenvalue weighted by Gasteiger charge is -2.21. The normalized spacial score (nSPS) is 21.1. The fourth-order valence-electron chi connectivity index (χ4n) is 2.95. The molecule has 2 aromatic carbocycles. The Labute approximate surface area is 124 Å². The summed E-state index contributed by atoms with van der Waals surface area (Å²) in [6, 6.07) is 15.7. The molecule has 0 radical (unpaired) electrons. The fraction of sp³-hybridized carbons (Fsp3) is 0.278. The molecule has 2 atom stereocenters. The van der Waals surface area contributed by atoms with Crippen LogP contribution >= 0.6 is 0 Å². The Balaban J connectivity index is 2.06. The molecule has 1 heterocycles. The first-order valence-corrected chi connectivity index (χ1v) is 7.12. The average molecular weight is 282 g/mol. The van der Waals surface area contributed by atoms with Gasteiger partial charge in [0.1, 0.15) is 11.5 Å². The molecule has 3 nitrogen and oxygen atoms in total. The van der Waals surface area contributed by atoms with Crippen LogP contribution in [0.15, 0.2) is 48.5 Å². The predicted molar refractivity (Wildman–Crippen MR) is 80.8 cm³/mol. The molecule has 0 saturated carbocycles. The topological polar surface area (TPSA) is 35.5 Å². The molecule has 1 aliphatic heterocycles. The standard InChI is InChI=1S/C18H18O3/c1-12-15(13-6-4-3-5-7-13)11-18(19)21-17-9-8-14(20-2)10-16(12)17/h3-10,12,15H,11H2,1-2H3/t12-,15+/m1/s1. The minimum atomic E-state index is -0.181. The molecular formula is C18H18O3. The minimum absolute atomic E-state index is 0.118. The van der Waals surface area contributed by atoms with Crippen molar-refractivity contribution in [3.05, 3.63) is 59.7 Å². The molecule has 2 aromatic rings. The van der Waals surface area contributed by atoms with Crippen LogP contribution in [0.5, 0.6) is 11.5 Å². The molecular weight excluding hydrogens is 264 g/mol. The second kappa shape index (κ2) is 5.60. The highest BCUT2D eigenvalue weighted by Crippen LogP contribution is 2.43. The largest absolute Gasteiger partial charge is 0.497 e. The Morgan fingerprint density at radius 2 is 1.90 bits per heavy atom. The summed E-state index contributed by atoms with van der Waals surface area (Å²) in [6.07, 6.45) is 0.391. The summed E-state index contributed by atoms with van der Waals surface area (Å²) in [5, 5.41) is 0. The van der Waals surface area contributed by atoms with Crippen molar-refractivity contribution >= 4 is 5.97 Å². The van der Waals surface area contributed by atoms with Gasteiger partial charge in [0, 0.05) is 11.5 Å². The van der Waals surface area contributed by atoms with E-state index in [9.17, 15) is 4.79 Å². The van der Waals surface area contributed by atoms with E-state index in [1.54, 1.807) is 7.11 Å². The number of carbonyl (C=O) groups is 1. The Hall–Kier alpha value is -2.29. The van der Waals surface area contributed by atoms with Gasteiger partial charge in [0.05, 0.1) is 13.5 Å². The van der Waals surface area contributed by atoms with Gasteiger partial charge < -0.3 is 9.47 Å². The van der Waals surface area contributed by atoms with Gasteiger partial charge in [0.25, 0.3) is 0 Å². The first-order chi connectivity index (χ1) is 10.2. The van der Waals surface area contributed by atoms with Crippen LogP contribution in [0.25, 0.3) is 0 Å². The van der Waals surface area contributed by atoms with Gasteiger partial charge >= 0.3 is 5.97 Å². The highest BCUT2D eigenvalue weighted by molar-refractivity contribution is 5.75. The molecule has 0 spiro atoms. The van der Waals surface area contributed by atoms with Gasteiger partial charge in [-0.15, -0.1) is 0 Å². The Kier molecular flexibility index (Phi) is 3.65. The quantitative estimate of drug-likeness (QED) is 0.619. The van der Waals surface area contributed by atoms with E-state index in [0.717, 1.165) is 16.9 Å². The van der Waals surface area contributed by atoms with Crippen molar-refractivity contribution in [3.63, 3.8) is 0 Å². The van der Waals surface area contributed by atoms with Crippen LogP contribution in [0.4, 0.5) is 0 Å². The number of ether oxygens (including phenoxy) is 2. The van der Waals surface area contributed by atoms with Gasteiger partial charge in [-0.05, 0) is 29.7 Å². The zero-order valence-corrected chi connectivity index (χ0v) is 12.2. The summed E-state index contributed by atoms with van der Waals surface area (Å²) in [5.41, 5.74) is 2.19. The van der Waals surface area contributed by atoms with Crippen LogP contribution < -0.4 is 9.47 Å². The minimum Gasteiger partial charge on any atom is -0.497 e. The molecule has 1 aliphatic rings. The molecule has 0 N–H and O–H groups in total. The van der Waals surface area contributed by atoms with E-state index in [-0.39, 0.29) is 17.8 Å². The average Bonchev–Trinajstić information content (AvgIpc) is 2.64. The molecule has 3 heteroatoms. The van der Waals surface area contributed by atoms with Gasteiger partial charge in [-0.25, -0.2) is 0 Å². The first kappa shape index (κ1) is 13.7. The third-order valence-corrected chi connectivity index (χ3v) is 4.15. The van der Waals surface area contributed by atoms with E-state index in [1.807, 2.05) is 36.4 Å². The van der Waals surface area contributed by atoms with Crippen LogP contribution in [-0.4, -0.2) is 13.1 Å². The van der Waals surface area contributed by atoms with Crippen LogP contribution in [0.2, 0.25) is 0 Å². The van der Waals surface area contributed by atoms with Crippen molar-refractivity contribution < 1.29 is 14.3 Å². The molecule has 0 fully saturated rings. The van der Waals surface area contributed by atoms with E-state index in [4.69, 9.17) is 9.47 Å². The molecule has 0 unspecified atom stereocenters. The lowest BCUT2D eigenvalue weighted by molar-refractivity contribution is -0.134. The second-order valence-corrected chi connectivity index (χ2v) is 5.39. The van der Waals surface area contributed by atoms with Crippen LogP contribution in [0.3, 0.4) is 0 Å². The number of carbonyl (C=O) groups excluding carboxylic acids is 1. The summed E-state index contributed by atoms with van der Waals surface area (Å²) in [5.74, 6) is 1.55. The van der Waals surface area contributed by atoms with Gasteiger partial charge in [-0.3, -0.25) is 4.79 Å². The number of benzene rings is 2. The smallest absolute Gasteiger partial charge is 0.311 e. The third kappa shape index (κ3) is 2.64. The van der Waals surface area contributed by atoms with E-state index < -0.39 is 0 Å². The highest BCUT2D eigenvalue weighted by Gasteiger charge is 2.30. The van der Waals surface area contributed by atoms with Crippen molar-refractivity contribution in [2.24, 2.45) is 0 Å². The number of hydrogen-bond donors (Lipinski definition) is 0. The van der Waals surface area contributed by atoms with Crippen molar-refractivity contribution in [3.8, 4) is 11.5 Å². The zero-order valence-electron chi connectivity index (χ0n) is 12.2. The lowest BCUT2D eigenvalue weighted by atomic mass is 9.81. The molecule has 0 saturated heterocycles. The molecule has 0 amide bonds. The van der Waals surface area contributed by atoms with Crippen LogP contribution in [0.1, 0.15) is 36.3 Å². The van der Waals surface area contributed by atoms with E-state index in [1.165, 1.54) is 0 Å². The van der Waals surface area contributed by atoms with E-state index in [2.05, 4.69) is 19.1 Å². The summed E-state index contributed by atoms with van der Waals surface area (Å²) >= 11 is 0. The molecule has 0 aromatic heterocycles. The lowest BCUT2D eigenvalue weighted by Crippen LogP contribution is -2.12. The Morgan fingerprint density at radius 1 is 1.14 bits per heavy atom. The molecule has 21 heavy (non-hydrogen) atoms. The summed E-state index contributed by atoms with van der Waals surface area (Å²) in [7, 11) is 1.64. The zero-order chi connectivity index (χ0) is 14.8. The maximum Gasteiger partial charge on any atom is 0.311 e. The first-order valence-electron chi connectivity index (χ1n) is 7.12. The van der Waals surface area contributed by atoms with Crippen molar-refractivity contribution in [1.29, 1.82) is 0 Å². The van der Waals surface area contributed by atoms with Gasteiger partial charge in [-0.2, -0.15) is 0 Å². The number of hydrogen-bond acceptors (Lipinski definition) is 3. The van der Waals surface area contributed by atoms with Gasteiger partial charge in [0.15, 0.2) is 0 Å². The number of fused-ring (bicyclic) bond motifs is 1. The van der Waals surface area contributed by atoms with Crippen LogP contribution in [-0.2, 0) is 4.79 Å².